The molecule has 0 atom stereocenters. The predicted octanol–water partition coefficient (Wildman–Crippen LogP) is 4.22. The van der Waals surface area contributed by atoms with E-state index in [4.69, 9.17) is 9.47 Å². The smallest absolute Gasteiger partial charge is 0.148 e. The third-order valence-electron chi connectivity index (χ3n) is 3.92. The van der Waals surface area contributed by atoms with Crippen molar-refractivity contribution in [3.05, 3.63) is 53.6 Å². The molecule has 0 unspecified atom stereocenters. The van der Waals surface area contributed by atoms with E-state index in [-0.39, 0.29) is 0 Å². The molecule has 0 radical (unpaired) electrons. The maximum Gasteiger partial charge on any atom is 0.148 e. The van der Waals surface area contributed by atoms with E-state index in [1.807, 2.05) is 36.4 Å². The number of nitrogens with one attached hydrogen (secondary N) is 1. The Labute approximate surface area is 145 Å². The maximum atomic E-state index is 11.6. The molecule has 0 saturated heterocycles. The van der Waals surface area contributed by atoms with Crippen LogP contribution < -0.4 is 14.8 Å². The summed E-state index contributed by atoms with van der Waals surface area (Å²) in [5.74, 6) is 2.30. The zero-order valence-corrected chi connectivity index (χ0v) is 14.5. The van der Waals surface area contributed by atoms with Crippen LogP contribution in [0.1, 0.15) is 12.0 Å². The molecule has 1 heterocycles. The molecular formula is C19H19NO3S. The van der Waals surface area contributed by atoms with Gasteiger partial charge in [-0.2, -0.15) is 0 Å². The molecule has 0 aromatic heterocycles. The van der Waals surface area contributed by atoms with Crippen molar-refractivity contribution >= 4 is 29.4 Å². The molecule has 1 aliphatic heterocycles. The molecule has 4 nitrogen and oxygen atoms in total. The highest BCUT2D eigenvalue weighted by Gasteiger charge is 2.19. The van der Waals surface area contributed by atoms with Gasteiger partial charge >= 0.3 is 0 Å². The van der Waals surface area contributed by atoms with Gasteiger partial charge in [0.15, 0.2) is 0 Å². The number of allylic oxidation sites excluding steroid dienone is 1. The second kappa shape index (κ2) is 7.45. The number of methoxy groups -OCH3 is 2. The summed E-state index contributed by atoms with van der Waals surface area (Å²) in [7, 11) is 3.25. The first-order chi connectivity index (χ1) is 11.8. The SMILES string of the molecule is COc1ccc(OC)c(NC2=C(C=O)CCSc3ccccc32)c1. The van der Waals surface area contributed by atoms with Crippen LogP contribution in [0.2, 0.25) is 0 Å². The number of anilines is 1. The van der Waals surface area contributed by atoms with Crippen molar-refractivity contribution < 1.29 is 14.3 Å². The first kappa shape index (κ1) is 16.5. The average molecular weight is 341 g/mol. The van der Waals surface area contributed by atoms with E-state index in [1.165, 1.54) is 4.90 Å². The van der Waals surface area contributed by atoms with Crippen molar-refractivity contribution in [3.8, 4) is 11.5 Å². The Morgan fingerprint density at radius 2 is 1.96 bits per heavy atom. The predicted molar refractivity (Wildman–Crippen MR) is 97.9 cm³/mol. The molecule has 1 N–H and O–H groups in total. The number of benzene rings is 2. The van der Waals surface area contributed by atoms with Gasteiger partial charge in [-0.1, -0.05) is 18.2 Å². The number of ether oxygens (including phenoxy) is 2. The molecule has 0 saturated carbocycles. The summed E-state index contributed by atoms with van der Waals surface area (Å²) in [6, 6.07) is 13.7. The quantitative estimate of drug-likeness (QED) is 0.825. The molecule has 124 valence electrons. The lowest BCUT2D eigenvalue weighted by atomic mass is 10.0. The van der Waals surface area contributed by atoms with E-state index in [9.17, 15) is 4.79 Å². The zero-order valence-electron chi connectivity index (χ0n) is 13.7. The highest BCUT2D eigenvalue weighted by Crippen LogP contribution is 2.38. The monoisotopic (exact) mass is 341 g/mol. The van der Waals surface area contributed by atoms with E-state index in [0.29, 0.717) is 5.75 Å². The minimum absolute atomic E-state index is 0.697. The molecule has 2 aromatic rings. The van der Waals surface area contributed by atoms with E-state index < -0.39 is 0 Å². The Balaban J connectivity index is 2.10. The van der Waals surface area contributed by atoms with Crippen LogP contribution in [0.25, 0.3) is 5.70 Å². The van der Waals surface area contributed by atoms with Gasteiger partial charge < -0.3 is 14.8 Å². The van der Waals surface area contributed by atoms with E-state index in [1.54, 1.807) is 26.0 Å². The topological polar surface area (TPSA) is 47.6 Å². The van der Waals surface area contributed by atoms with Crippen molar-refractivity contribution in [2.45, 2.75) is 11.3 Å². The number of fused-ring (bicyclic) bond motifs is 1. The molecule has 3 rings (SSSR count). The standard InChI is InChI=1S/C19H19NO3S/c1-22-14-7-8-17(23-2)16(11-14)20-19-13(12-21)9-10-24-18-6-4-3-5-15(18)19/h3-8,11-12,20H,9-10H2,1-2H3. The zero-order chi connectivity index (χ0) is 16.9. The minimum atomic E-state index is 0.697. The summed E-state index contributed by atoms with van der Waals surface area (Å²) in [5.41, 5.74) is 3.40. The molecule has 0 spiro atoms. The van der Waals surface area contributed by atoms with Crippen molar-refractivity contribution in [3.63, 3.8) is 0 Å². The highest BCUT2D eigenvalue weighted by atomic mass is 32.2. The summed E-state index contributed by atoms with van der Waals surface area (Å²) >= 11 is 1.76. The Morgan fingerprint density at radius 3 is 2.71 bits per heavy atom. The highest BCUT2D eigenvalue weighted by molar-refractivity contribution is 7.99. The Kier molecular flexibility index (Phi) is 5.11. The number of carbonyl (C=O) groups is 1. The Hall–Kier alpha value is -2.40. The van der Waals surface area contributed by atoms with Crippen LogP contribution >= 0.6 is 11.8 Å². The molecule has 2 aromatic carbocycles. The van der Waals surface area contributed by atoms with Gasteiger partial charge in [-0.05, 0) is 24.6 Å². The van der Waals surface area contributed by atoms with Crippen LogP contribution in [0.15, 0.2) is 52.9 Å². The number of hydrogen-bond acceptors (Lipinski definition) is 5. The summed E-state index contributed by atoms with van der Waals surface area (Å²) < 4.78 is 10.7. The van der Waals surface area contributed by atoms with Crippen molar-refractivity contribution in [2.24, 2.45) is 0 Å². The normalized spacial score (nSPS) is 13.8. The fourth-order valence-electron chi connectivity index (χ4n) is 2.68. The average Bonchev–Trinajstić information content (AvgIpc) is 2.81. The van der Waals surface area contributed by atoms with Gasteiger partial charge in [0.05, 0.1) is 25.6 Å². The van der Waals surface area contributed by atoms with E-state index >= 15 is 0 Å². The number of rotatable bonds is 5. The molecule has 0 bridgehead atoms. The van der Waals surface area contributed by atoms with Crippen LogP contribution in [-0.2, 0) is 4.79 Å². The lowest BCUT2D eigenvalue weighted by molar-refractivity contribution is -0.104. The molecule has 24 heavy (non-hydrogen) atoms. The third kappa shape index (κ3) is 3.26. The third-order valence-corrected chi connectivity index (χ3v) is 4.99. The first-order valence-corrected chi connectivity index (χ1v) is 8.65. The lowest BCUT2D eigenvalue weighted by Gasteiger charge is -2.17. The lowest BCUT2D eigenvalue weighted by Crippen LogP contribution is -2.06. The van der Waals surface area contributed by atoms with E-state index in [2.05, 4.69) is 11.4 Å². The van der Waals surface area contributed by atoms with Gasteiger partial charge in [-0.25, -0.2) is 0 Å². The van der Waals surface area contributed by atoms with Gasteiger partial charge in [0.2, 0.25) is 0 Å². The number of thioether (sulfide) groups is 1. The number of hydrogen-bond donors (Lipinski definition) is 1. The van der Waals surface area contributed by atoms with Crippen LogP contribution in [0.4, 0.5) is 5.69 Å². The van der Waals surface area contributed by atoms with Crippen LogP contribution in [0.5, 0.6) is 11.5 Å². The maximum absolute atomic E-state index is 11.6. The van der Waals surface area contributed by atoms with Crippen LogP contribution in [0.3, 0.4) is 0 Å². The minimum Gasteiger partial charge on any atom is -0.497 e. The van der Waals surface area contributed by atoms with Crippen molar-refractivity contribution in [1.29, 1.82) is 0 Å². The van der Waals surface area contributed by atoms with Crippen molar-refractivity contribution in [1.82, 2.24) is 0 Å². The van der Waals surface area contributed by atoms with Gasteiger partial charge in [0.25, 0.3) is 0 Å². The van der Waals surface area contributed by atoms with Crippen LogP contribution in [0, 0.1) is 0 Å². The molecule has 0 amide bonds. The fourth-order valence-corrected chi connectivity index (χ4v) is 3.72. The summed E-state index contributed by atoms with van der Waals surface area (Å²) in [4.78, 5) is 12.8. The molecule has 5 heteroatoms. The second-order valence-corrected chi connectivity index (χ2v) is 6.44. The molecule has 0 fully saturated rings. The fraction of sp³-hybridized carbons (Fsp3) is 0.211. The first-order valence-electron chi connectivity index (χ1n) is 7.66. The molecular weight excluding hydrogens is 322 g/mol. The van der Waals surface area contributed by atoms with E-state index in [0.717, 1.165) is 46.7 Å². The second-order valence-electron chi connectivity index (χ2n) is 5.30. The Bertz CT molecular complexity index is 786. The number of carbonyl (C=O) groups excluding carboxylic acids is 1. The molecule has 1 aliphatic rings. The van der Waals surface area contributed by atoms with Gasteiger partial charge in [0.1, 0.15) is 17.8 Å². The van der Waals surface area contributed by atoms with Gasteiger partial charge in [-0.15, -0.1) is 11.8 Å². The molecule has 0 aliphatic carbocycles. The summed E-state index contributed by atoms with van der Waals surface area (Å²) in [6.45, 7) is 0. The van der Waals surface area contributed by atoms with Crippen molar-refractivity contribution in [2.75, 3.05) is 25.3 Å². The Morgan fingerprint density at radius 1 is 1.12 bits per heavy atom. The number of aldehydes is 1. The van der Waals surface area contributed by atoms with Gasteiger partial charge in [0, 0.05) is 27.9 Å². The van der Waals surface area contributed by atoms with Gasteiger partial charge in [-0.3, -0.25) is 4.79 Å². The summed E-state index contributed by atoms with van der Waals surface area (Å²) in [5, 5.41) is 3.40. The largest absolute Gasteiger partial charge is 0.497 e. The summed E-state index contributed by atoms with van der Waals surface area (Å²) in [6.07, 6.45) is 1.66. The van der Waals surface area contributed by atoms with Crippen LogP contribution in [-0.4, -0.2) is 26.3 Å².